The summed E-state index contributed by atoms with van der Waals surface area (Å²) < 4.78 is 0. The molecule has 0 aliphatic rings. The van der Waals surface area contributed by atoms with Gasteiger partial charge in [-0.1, -0.05) is 0 Å². The van der Waals surface area contributed by atoms with Crippen LogP contribution in [-0.4, -0.2) is 11.2 Å². The average Bonchev–Trinajstić information content (AvgIpc) is 2.03. The fraction of sp³-hybridized carbons (Fsp3) is 0.250. The van der Waals surface area contributed by atoms with Crippen molar-refractivity contribution < 1.29 is 0 Å². The summed E-state index contributed by atoms with van der Waals surface area (Å²) in [5, 5.41) is 9.28. The number of H-pyrrole nitrogens is 1. The largest absolute Gasteiger partial charge is 0.353 e. The number of nitrogens with zero attached hydrogens (tertiary/aromatic N) is 1. The average molecular weight is 180 g/mol. The van der Waals surface area contributed by atoms with Gasteiger partial charge in [0, 0.05) is 11.8 Å². The lowest BCUT2D eigenvalue weighted by Crippen LogP contribution is -2.08. The summed E-state index contributed by atoms with van der Waals surface area (Å²) in [4.78, 5) is 14.2. The number of nitrogens with one attached hydrogen (secondary N) is 1. The molecule has 0 bridgehead atoms. The van der Waals surface area contributed by atoms with Crippen molar-refractivity contribution in [2.24, 2.45) is 0 Å². The summed E-state index contributed by atoms with van der Waals surface area (Å²) in [7, 11) is 0. The van der Waals surface area contributed by atoms with Crippen molar-refractivity contribution in [3.63, 3.8) is 0 Å². The molecule has 1 N–H and O–H groups in total. The van der Waals surface area contributed by atoms with E-state index in [-0.39, 0.29) is 11.0 Å². The smallest absolute Gasteiger partial charge is 0.200 e. The van der Waals surface area contributed by atoms with Crippen LogP contribution in [0, 0.1) is 18.3 Å². The highest BCUT2D eigenvalue weighted by Crippen LogP contribution is 2.13. The maximum absolute atomic E-state index is 11.2. The fourth-order valence-corrected chi connectivity index (χ4v) is 1.53. The minimum absolute atomic E-state index is 0.202. The van der Waals surface area contributed by atoms with Crippen LogP contribution in [0.15, 0.2) is 15.9 Å². The normalized spacial score (nSPS) is 9.42. The number of nitriles is 1. The number of thioether (sulfide) groups is 1. The number of hydrogen-bond acceptors (Lipinski definition) is 3. The first-order valence-corrected chi connectivity index (χ1v) is 4.59. The summed E-state index contributed by atoms with van der Waals surface area (Å²) >= 11 is 1.37. The van der Waals surface area contributed by atoms with Gasteiger partial charge < -0.3 is 4.98 Å². The molecule has 0 unspecified atom stereocenters. The van der Waals surface area contributed by atoms with E-state index in [1.807, 2.05) is 12.3 Å². The number of rotatable bonds is 1. The molecule has 1 aromatic heterocycles. The molecule has 1 heterocycles. The number of aromatic amines is 1. The molecular formula is C8H8N2OS. The van der Waals surface area contributed by atoms with Gasteiger partial charge in [0.15, 0.2) is 0 Å². The van der Waals surface area contributed by atoms with Gasteiger partial charge in [-0.15, -0.1) is 11.8 Å². The Bertz CT molecular complexity index is 389. The number of aromatic nitrogens is 1. The highest BCUT2D eigenvalue weighted by Gasteiger charge is 2.05. The zero-order valence-electron chi connectivity index (χ0n) is 6.84. The molecule has 62 valence electrons. The lowest BCUT2D eigenvalue weighted by molar-refractivity contribution is 1.04. The van der Waals surface area contributed by atoms with Crippen LogP contribution >= 0.6 is 11.8 Å². The van der Waals surface area contributed by atoms with Crippen molar-refractivity contribution in [1.82, 2.24) is 4.98 Å². The molecule has 0 saturated carbocycles. The summed E-state index contributed by atoms with van der Waals surface area (Å²) in [6.07, 6.45) is 1.82. The second kappa shape index (κ2) is 3.46. The molecule has 0 aliphatic carbocycles. The van der Waals surface area contributed by atoms with Gasteiger partial charge in [0.2, 0.25) is 5.43 Å². The van der Waals surface area contributed by atoms with E-state index in [2.05, 4.69) is 4.98 Å². The summed E-state index contributed by atoms with van der Waals surface area (Å²) in [5.74, 6) is 0. The summed E-state index contributed by atoms with van der Waals surface area (Å²) in [6, 6.07) is 3.31. The maximum atomic E-state index is 11.2. The van der Waals surface area contributed by atoms with E-state index in [1.165, 1.54) is 17.8 Å². The molecule has 0 aliphatic heterocycles. The van der Waals surface area contributed by atoms with Crippen molar-refractivity contribution in [3.8, 4) is 6.07 Å². The van der Waals surface area contributed by atoms with E-state index in [1.54, 1.807) is 6.92 Å². The molecule has 0 atom stereocenters. The molecule has 3 nitrogen and oxygen atoms in total. The lowest BCUT2D eigenvalue weighted by Gasteiger charge is -2.00. The Balaban J connectivity index is 3.47. The second-order valence-electron chi connectivity index (χ2n) is 2.34. The van der Waals surface area contributed by atoms with Gasteiger partial charge in [-0.3, -0.25) is 4.79 Å². The molecule has 0 saturated heterocycles. The van der Waals surface area contributed by atoms with Crippen molar-refractivity contribution in [2.45, 2.75) is 11.9 Å². The molecule has 1 aromatic rings. The Labute approximate surface area is 74.4 Å². The van der Waals surface area contributed by atoms with E-state index in [0.29, 0.717) is 5.03 Å². The molecule has 0 fully saturated rings. The van der Waals surface area contributed by atoms with Crippen molar-refractivity contribution in [2.75, 3.05) is 6.26 Å². The second-order valence-corrected chi connectivity index (χ2v) is 3.15. The van der Waals surface area contributed by atoms with Crippen molar-refractivity contribution in [1.29, 1.82) is 5.26 Å². The molecule has 4 heteroatoms. The molecule has 0 aromatic carbocycles. The molecular weight excluding hydrogens is 172 g/mol. The zero-order valence-corrected chi connectivity index (χ0v) is 7.66. The highest BCUT2D eigenvalue weighted by atomic mass is 32.2. The Kier molecular flexibility index (Phi) is 2.56. The van der Waals surface area contributed by atoms with Crippen LogP contribution < -0.4 is 5.43 Å². The molecule has 0 radical (unpaired) electrons. The molecule has 12 heavy (non-hydrogen) atoms. The SMILES string of the molecule is CSc1[nH]c(C)cc(=O)c1C#N. The third-order valence-corrected chi connectivity index (χ3v) is 2.16. The van der Waals surface area contributed by atoms with Crippen molar-refractivity contribution in [3.05, 3.63) is 27.5 Å². The predicted octanol–water partition coefficient (Wildman–Crippen LogP) is 1.28. The van der Waals surface area contributed by atoms with Crippen LogP contribution in [0.25, 0.3) is 0 Å². The van der Waals surface area contributed by atoms with Crippen LogP contribution in [0.5, 0.6) is 0 Å². The fourth-order valence-electron chi connectivity index (χ4n) is 0.917. The van der Waals surface area contributed by atoms with Crippen LogP contribution in [0.3, 0.4) is 0 Å². The molecule has 1 rings (SSSR count). The van der Waals surface area contributed by atoms with Crippen LogP contribution in [0.1, 0.15) is 11.3 Å². The Morgan fingerprint density at radius 3 is 2.83 bits per heavy atom. The minimum Gasteiger partial charge on any atom is -0.353 e. The van der Waals surface area contributed by atoms with E-state index in [4.69, 9.17) is 5.26 Å². The predicted molar refractivity (Wildman–Crippen MR) is 48.3 cm³/mol. The molecule has 0 amide bonds. The topological polar surface area (TPSA) is 56.6 Å². The monoisotopic (exact) mass is 180 g/mol. The van der Waals surface area contributed by atoms with Crippen LogP contribution in [0.4, 0.5) is 0 Å². The van der Waals surface area contributed by atoms with Crippen LogP contribution in [0.2, 0.25) is 0 Å². The van der Waals surface area contributed by atoms with Gasteiger partial charge in [-0.05, 0) is 13.2 Å². The standard InChI is InChI=1S/C8H8N2OS/c1-5-3-7(11)6(4-9)8(10-5)12-2/h3H,1-2H3,(H,10,11). The van der Waals surface area contributed by atoms with E-state index in [0.717, 1.165) is 5.69 Å². The lowest BCUT2D eigenvalue weighted by atomic mass is 10.2. The third kappa shape index (κ3) is 1.51. The number of pyridine rings is 1. The van der Waals surface area contributed by atoms with Gasteiger partial charge in [0.25, 0.3) is 0 Å². The van der Waals surface area contributed by atoms with Gasteiger partial charge in [0.1, 0.15) is 11.6 Å². The van der Waals surface area contributed by atoms with Crippen LogP contribution in [-0.2, 0) is 0 Å². The number of hydrogen-bond donors (Lipinski definition) is 1. The highest BCUT2D eigenvalue weighted by molar-refractivity contribution is 7.98. The maximum Gasteiger partial charge on any atom is 0.200 e. The van der Waals surface area contributed by atoms with Gasteiger partial charge in [-0.2, -0.15) is 5.26 Å². The van der Waals surface area contributed by atoms with E-state index >= 15 is 0 Å². The Morgan fingerprint density at radius 2 is 2.33 bits per heavy atom. The van der Waals surface area contributed by atoms with Gasteiger partial charge in [-0.25, -0.2) is 0 Å². The Morgan fingerprint density at radius 1 is 1.67 bits per heavy atom. The summed E-state index contributed by atoms with van der Waals surface area (Å²) in [6.45, 7) is 1.79. The van der Waals surface area contributed by atoms with Gasteiger partial charge in [0.05, 0.1) is 5.03 Å². The van der Waals surface area contributed by atoms with Crippen molar-refractivity contribution >= 4 is 11.8 Å². The van der Waals surface area contributed by atoms with Gasteiger partial charge >= 0.3 is 0 Å². The third-order valence-electron chi connectivity index (χ3n) is 1.45. The first-order valence-electron chi connectivity index (χ1n) is 3.37. The van der Waals surface area contributed by atoms with E-state index in [9.17, 15) is 4.79 Å². The zero-order chi connectivity index (χ0) is 9.14. The minimum atomic E-state index is -0.210. The number of aryl methyl sites for hydroxylation is 1. The molecule has 0 spiro atoms. The Hall–Kier alpha value is -1.21. The summed E-state index contributed by atoms with van der Waals surface area (Å²) in [5.41, 5.74) is 0.773. The first kappa shape index (κ1) is 8.88. The first-order chi connectivity index (χ1) is 5.69. The van der Waals surface area contributed by atoms with E-state index < -0.39 is 0 Å². The quantitative estimate of drug-likeness (QED) is 0.662.